The van der Waals surface area contributed by atoms with Gasteiger partial charge in [0.2, 0.25) is 5.91 Å². The fourth-order valence-corrected chi connectivity index (χ4v) is 5.01. The van der Waals surface area contributed by atoms with E-state index in [1.54, 1.807) is 13.8 Å². The molecule has 1 saturated carbocycles. The zero-order valence-corrected chi connectivity index (χ0v) is 17.4. The van der Waals surface area contributed by atoms with Crippen LogP contribution in [0.25, 0.3) is 0 Å². The van der Waals surface area contributed by atoms with Crippen molar-refractivity contribution >= 4 is 17.5 Å². The van der Waals surface area contributed by atoms with Gasteiger partial charge in [0.05, 0.1) is 11.0 Å². The lowest BCUT2D eigenvalue weighted by Crippen LogP contribution is -2.53. The number of carbonyl (C=O) groups excluding carboxylic acids is 2. The summed E-state index contributed by atoms with van der Waals surface area (Å²) in [6, 6.07) is 4.04. The molecule has 1 unspecified atom stereocenters. The van der Waals surface area contributed by atoms with Crippen molar-refractivity contribution in [3.05, 3.63) is 53.6 Å². The highest BCUT2D eigenvalue weighted by Crippen LogP contribution is 2.49. The molecule has 4 rings (SSSR count). The zero-order chi connectivity index (χ0) is 22.4. The summed E-state index contributed by atoms with van der Waals surface area (Å²) in [7, 11) is 0. The molecule has 31 heavy (non-hydrogen) atoms. The minimum Gasteiger partial charge on any atom is -0.390 e. The molecule has 7 nitrogen and oxygen atoms in total. The number of aryl methyl sites for hydroxylation is 1. The number of aromatic nitrogens is 2. The van der Waals surface area contributed by atoms with Gasteiger partial charge < -0.3 is 15.3 Å². The van der Waals surface area contributed by atoms with Gasteiger partial charge in [0, 0.05) is 30.5 Å². The molecule has 9 heteroatoms. The van der Waals surface area contributed by atoms with Gasteiger partial charge in [-0.05, 0) is 57.7 Å². The van der Waals surface area contributed by atoms with Gasteiger partial charge in [-0.3, -0.25) is 9.59 Å². The second-order valence-electron chi connectivity index (χ2n) is 8.86. The summed E-state index contributed by atoms with van der Waals surface area (Å²) < 4.78 is 27.4. The van der Waals surface area contributed by atoms with Crippen molar-refractivity contribution in [2.45, 2.75) is 51.2 Å². The van der Waals surface area contributed by atoms with Crippen LogP contribution in [0.4, 0.5) is 14.5 Å². The van der Waals surface area contributed by atoms with E-state index in [1.807, 2.05) is 0 Å². The number of anilines is 1. The lowest BCUT2D eigenvalue weighted by atomic mass is 9.65. The molecule has 2 heterocycles. The Balaban J connectivity index is 1.56. The third kappa shape index (κ3) is 4.27. The third-order valence-electron chi connectivity index (χ3n) is 6.06. The molecule has 2 fully saturated rings. The van der Waals surface area contributed by atoms with Gasteiger partial charge in [-0.15, -0.1) is 0 Å². The van der Waals surface area contributed by atoms with Crippen LogP contribution in [0.15, 0.2) is 30.5 Å². The van der Waals surface area contributed by atoms with Crippen molar-refractivity contribution in [2.24, 2.45) is 5.41 Å². The molecule has 0 bridgehead atoms. The molecule has 1 aliphatic heterocycles. The third-order valence-corrected chi connectivity index (χ3v) is 6.06. The van der Waals surface area contributed by atoms with Crippen molar-refractivity contribution in [1.82, 2.24) is 15.3 Å². The number of carbonyl (C=O) groups is 2. The van der Waals surface area contributed by atoms with E-state index in [4.69, 9.17) is 0 Å². The summed E-state index contributed by atoms with van der Waals surface area (Å²) in [5.74, 6) is -1.76. The van der Waals surface area contributed by atoms with E-state index in [9.17, 15) is 23.5 Å². The number of nitrogens with one attached hydrogen (secondary N) is 1. The molecule has 2 amide bonds. The number of amides is 2. The minimum atomic E-state index is -1.18. The van der Waals surface area contributed by atoms with E-state index in [2.05, 4.69) is 15.3 Å². The maximum absolute atomic E-state index is 13.7. The Hall–Kier alpha value is -2.94. The predicted molar refractivity (Wildman–Crippen MR) is 108 cm³/mol. The quantitative estimate of drug-likeness (QED) is 0.780. The van der Waals surface area contributed by atoms with Crippen molar-refractivity contribution in [3.63, 3.8) is 0 Å². The predicted octanol–water partition coefficient (Wildman–Crippen LogP) is 2.52. The molecule has 0 radical (unpaired) electrons. The van der Waals surface area contributed by atoms with Crippen molar-refractivity contribution in [2.75, 3.05) is 11.4 Å². The second kappa shape index (κ2) is 7.64. The fraction of sp³-hybridized carbons (Fsp3) is 0.455. The van der Waals surface area contributed by atoms with E-state index in [0.717, 1.165) is 18.2 Å². The van der Waals surface area contributed by atoms with E-state index < -0.39 is 34.6 Å². The molecule has 1 aromatic carbocycles. The summed E-state index contributed by atoms with van der Waals surface area (Å²) in [5.41, 5.74) is -1.75. The van der Waals surface area contributed by atoms with Gasteiger partial charge in [-0.1, -0.05) is 0 Å². The Morgan fingerprint density at radius 3 is 2.65 bits per heavy atom. The zero-order valence-electron chi connectivity index (χ0n) is 17.4. The molecule has 164 valence electrons. The highest BCUT2D eigenvalue weighted by molar-refractivity contribution is 6.00. The summed E-state index contributed by atoms with van der Waals surface area (Å²) in [5, 5.41) is 13.8. The maximum atomic E-state index is 13.7. The first kappa shape index (κ1) is 21.3. The van der Waals surface area contributed by atoms with Crippen LogP contribution in [0.3, 0.4) is 0 Å². The average molecular weight is 430 g/mol. The smallest absolute Gasteiger partial charge is 0.270 e. The summed E-state index contributed by atoms with van der Waals surface area (Å²) in [6.45, 7) is 3.60. The largest absolute Gasteiger partial charge is 0.390 e. The summed E-state index contributed by atoms with van der Waals surface area (Å²) >= 11 is 0. The monoisotopic (exact) mass is 430 g/mol. The standard InChI is InChI=1S/C22H24F2N4O3/c1-13-25-5-3-18(26-13)19(29)27-16-10-21(2,31)12-22(11-16)4-6-28(20(22)30)17-8-14(23)7-15(24)9-17/h3,5,7-9,16,31H,4,6,10-12H2,1-2H3,(H,27,29)/t16-,21?,22-/m0/s1. The Labute approximate surface area is 178 Å². The topological polar surface area (TPSA) is 95.4 Å². The van der Waals surface area contributed by atoms with Crippen LogP contribution in [0, 0.1) is 24.0 Å². The number of aliphatic hydroxyl groups is 1. The van der Waals surface area contributed by atoms with Gasteiger partial charge in [-0.2, -0.15) is 0 Å². The lowest BCUT2D eigenvalue weighted by molar-refractivity contribution is -0.134. The Morgan fingerprint density at radius 1 is 1.26 bits per heavy atom. The van der Waals surface area contributed by atoms with Crippen LogP contribution in [0.2, 0.25) is 0 Å². The van der Waals surface area contributed by atoms with Crippen LogP contribution in [0.1, 0.15) is 48.9 Å². The Kier molecular flexibility index (Phi) is 5.25. The van der Waals surface area contributed by atoms with E-state index in [0.29, 0.717) is 18.7 Å². The van der Waals surface area contributed by atoms with Gasteiger partial charge >= 0.3 is 0 Å². The Morgan fingerprint density at radius 2 is 1.97 bits per heavy atom. The van der Waals surface area contributed by atoms with Crippen LogP contribution < -0.4 is 10.2 Å². The van der Waals surface area contributed by atoms with Gasteiger partial charge in [0.25, 0.3) is 5.91 Å². The minimum absolute atomic E-state index is 0.154. The van der Waals surface area contributed by atoms with E-state index in [1.165, 1.54) is 17.2 Å². The van der Waals surface area contributed by atoms with Crippen LogP contribution in [-0.4, -0.2) is 45.1 Å². The number of hydrogen-bond donors (Lipinski definition) is 2. The van der Waals surface area contributed by atoms with Crippen LogP contribution in [-0.2, 0) is 4.79 Å². The second-order valence-corrected chi connectivity index (χ2v) is 8.86. The lowest BCUT2D eigenvalue weighted by Gasteiger charge is -2.44. The number of benzene rings is 1. The number of hydrogen-bond acceptors (Lipinski definition) is 5. The average Bonchev–Trinajstić information content (AvgIpc) is 2.95. The first-order valence-electron chi connectivity index (χ1n) is 10.2. The molecular weight excluding hydrogens is 406 g/mol. The molecule has 3 atom stereocenters. The molecule has 1 aromatic heterocycles. The fourth-order valence-electron chi connectivity index (χ4n) is 5.01. The van der Waals surface area contributed by atoms with Crippen molar-refractivity contribution < 1.29 is 23.5 Å². The van der Waals surface area contributed by atoms with Gasteiger partial charge in [0.1, 0.15) is 23.2 Å². The SMILES string of the molecule is Cc1nccc(C(=O)N[C@H]2CC(C)(O)C[C@]3(CCN(c4cc(F)cc(F)c4)C3=O)C2)n1. The molecule has 2 aromatic rings. The number of rotatable bonds is 3. The van der Waals surface area contributed by atoms with E-state index in [-0.39, 0.29) is 36.7 Å². The molecule has 1 spiro atoms. The highest BCUT2D eigenvalue weighted by atomic mass is 19.1. The van der Waals surface area contributed by atoms with Gasteiger partial charge in [0.15, 0.2) is 0 Å². The van der Waals surface area contributed by atoms with Crippen molar-refractivity contribution in [1.29, 1.82) is 0 Å². The maximum Gasteiger partial charge on any atom is 0.270 e. The summed E-state index contributed by atoms with van der Waals surface area (Å²) in [6.07, 6.45) is 2.73. The highest BCUT2D eigenvalue weighted by Gasteiger charge is 2.55. The molecule has 2 N–H and O–H groups in total. The summed E-state index contributed by atoms with van der Waals surface area (Å²) in [4.78, 5) is 35.5. The van der Waals surface area contributed by atoms with Crippen molar-refractivity contribution in [3.8, 4) is 0 Å². The Bertz CT molecular complexity index is 1020. The normalized spacial score (nSPS) is 28.2. The van der Waals surface area contributed by atoms with Crippen LogP contribution >= 0.6 is 0 Å². The first-order valence-corrected chi connectivity index (χ1v) is 10.2. The number of halogens is 2. The molecular formula is C22H24F2N4O3. The molecule has 1 saturated heterocycles. The molecule has 1 aliphatic carbocycles. The number of nitrogens with zero attached hydrogens (tertiary/aromatic N) is 3. The molecule has 2 aliphatic rings. The van der Waals surface area contributed by atoms with Crippen LogP contribution in [0.5, 0.6) is 0 Å². The van der Waals surface area contributed by atoms with E-state index >= 15 is 0 Å². The first-order chi connectivity index (χ1) is 14.6. The van der Waals surface area contributed by atoms with Gasteiger partial charge in [-0.25, -0.2) is 18.7 Å².